The molecule has 2 heterocycles. The Balaban J connectivity index is 1.57. The lowest BCUT2D eigenvalue weighted by Crippen LogP contribution is -2.46. The first-order chi connectivity index (χ1) is 10.2. The molecule has 0 N–H and O–H groups in total. The van der Waals surface area contributed by atoms with Crippen molar-refractivity contribution in [1.82, 2.24) is 4.90 Å². The molecule has 1 aromatic carbocycles. The van der Waals surface area contributed by atoms with Crippen LogP contribution in [-0.2, 0) is 14.3 Å². The van der Waals surface area contributed by atoms with Gasteiger partial charge in [0.05, 0.1) is 13.2 Å². The van der Waals surface area contributed by atoms with Crippen LogP contribution in [0.4, 0.5) is 4.39 Å². The lowest BCUT2D eigenvalue weighted by molar-refractivity contribution is -0.186. The average molecular weight is 291 g/mol. The molecule has 5 heteroatoms. The van der Waals surface area contributed by atoms with Crippen LogP contribution in [0.3, 0.4) is 0 Å². The Morgan fingerprint density at radius 1 is 1.24 bits per heavy atom. The van der Waals surface area contributed by atoms with Crippen molar-refractivity contribution >= 4 is 12.0 Å². The van der Waals surface area contributed by atoms with Crippen LogP contribution in [0, 0.1) is 5.82 Å². The molecule has 1 aromatic rings. The van der Waals surface area contributed by atoms with Gasteiger partial charge in [0.15, 0.2) is 5.79 Å². The Labute approximate surface area is 123 Å². The summed E-state index contributed by atoms with van der Waals surface area (Å²) in [5.41, 5.74) is 0.680. The van der Waals surface area contributed by atoms with Gasteiger partial charge in [-0.05, 0) is 23.8 Å². The van der Waals surface area contributed by atoms with Crippen LogP contribution in [-0.4, -0.2) is 42.9 Å². The summed E-state index contributed by atoms with van der Waals surface area (Å²) in [4.78, 5) is 13.9. The molecule has 0 aromatic heterocycles. The third-order valence-corrected chi connectivity index (χ3v) is 3.92. The number of halogens is 1. The second kappa shape index (κ2) is 5.95. The van der Waals surface area contributed by atoms with Crippen molar-refractivity contribution in [2.45, 2.75) is 18.6 Å². The molecule has 2 aliphatic heterocycles. The van der Waals surface area contributed by atoms with Crippen molar-refractivity contribution in [3.05, 3.63) is 41.7 Å². The normalized spacial score (nSPS) is 21.3. The standard InChI is InChI=1S/C16H18FNO3/c17-14-3-1-2-13(12-14)4-5-15(19)18-8-6-16(7-9-18)20-10-11-21-16/h1-5,12H,6-11H2/b5-4+. The van der Waals surface area contributed by atoms with E-state index in [0.717, 1.165) is 0 Å². The summed E-state index contributed by atoms with van der Waals surface area (Å²) in [6.07, 6.45) is 4.53. The van der Waals surface area contributed by atoms with Crippen molar-refractivity contribution in [3.8, 4) is 0 Å². The van der Waals surface area contributed by atoms with E-state index < -0.39 is 5.79 Å². The second-order valence-electron chi connectivity index (χ2n) is 5.32. The fraction of sp³-hybridized carbons (Fsp3) is 0.438. The van der Waals surface area contributed by atoms with Crippen molar-refractivity contribution in [2.75, 3.05) is 26.3 Å². The number of nitrogens with zero attached hydrogens (tertiary/aromatic N) is 1. The molecule has 0 radical (unpaired) electrons. The number of rotatable bonds is 2. The SMILES string of the molecule is O=C(/C=C/c1cccc(F)c1)N1CCC2(CC1)OCCO2. The van der Waals surface area contributed by atoms with Crippen LogP contribution >= 0.6 is 0 Å². The summed E-state index contributed by atoms with van der Waals surface area (Å²) in [5.74, 6) is -0.838. The van der Waals surface area contributed by atoms with E-state index in [0.29, 0.717) is 44.7 Å². The summed E-state index contributed by atoms with van der Waals surface area (Å²) >= 11 is 0. The van der Waals surface area contributed by atoms with Gasteiger partial charge in [-0.1, -0.05) is 12.1 Å². The Kier molecular flexibility index (Phi) is 4.03. The molecule has 21 heavy (non-hydrogen) atoms. The summed E-state index contributed by atoms with van der Waals surface area (Å²) in [7, 11) is 0. The Bertz CT molecular complexity index is 542. The number of carbonyl (C=O) groups excluding carboxylic acids is 1. The summed E-state index contributed by atoms with van der Waals surface area (Å²) in [5, 5.41) is 0. The van der Waals surface area contributed by atoms with E-state index in [2.05, 4.69) is 0 Å². The summed E-state index contributed by atoms with van der Waals surface area (Å²) in [6, 6.07) is 6.16. The first-order valence-corrected chi connectivity index (χ1v) is 7.17. The van der Waals surface area contributed by atoms with Crippen LogP contribution in [0.2, 0.25) is 0 Å². The van der Waals surface area contributed by atoms with E-state index >= 15 is 0 Å². The lowest BCUT2D eigenvalue weighted by Gasteiger charge is -2.37. The van der Waals surface area contributed by atoms with Gasteiger partial charge in [0.25, 0.3) is 0 Å². The topological polar surface area (TPSA) is 38.8 Å². The highest BCUT2D eigenvalue weighted by molar-refractivity contribution is 5.91. The molecular weight excluding hydrogens is 273 g/mol. The Hall–Kier alpha value is -1.72. The third kappa shape index (κ3) is 3.31. The molecule has 4 nitrogen and oxygen atoms in total. The van der Waals surface area contributed by atoms with Gasteiger partial charge in [0.1, 0.15) is 5.82 Å². The number of likely N-dealkylation sites (tertiary alicyclic amines) is 1. The van der Waals surface area contributed by atoms with Crippen LogP contribution in [0.15, 0.2) is 30.3 Å². The molecule has 2 saturated heterocycles. The first-order valence-electron chi connectivity index (χ1n) is 7.17. The smallest absolute Gasteiger partial charge is 0.246 e. The van der Waals surface area contributed by atoms with Gasteiger partial charge in [0, 0.05) is 32.0 Å². The molecule has 0 atom stereocenters. The summed E-state index contributed by atoms with van der Waals surface area (Å²) < 4.78 is 24.3. The number of benzene rings is 1. The van der Waals surface area contributed by atoms with Gasteiger partial charge in [-0.3, -0.25) is 4.79 Å². The number of hydrogen-bond acceptors (Lipinski definition) is 3. The van der Waals surface area contributed by atoms with E-state index in [1.54, 1.807) is 23.1 Å². The minimum atomic E-state index is -0.469. The van der Waals surface area contributed by atoms with Gasteiger partial charge in [-0.2, -0.15) is 0 Å². The predicted molar refractivity (Wildman–Crippen MR) is 75.9 cm³/mol. The maximum atomic E-state index is 13.1. The molecule has 0 saturated carbocycles. The molecule has 1 spiro atoms. The van der Waals surface area contributed by atoms with Gasteiger partial charge in [-0.15, -0.1) is 0 Å². The van der Waals surface area contributed by atoms with E-state index in [9.17, 15) is 9.18 Å². The van der Waals surface area contributed by atoms with Crippen molar-refractivity contribution in [3.63, 3.8) is 0 Å². The van der Waals surface area contributed by atoms with Gasteiger partial charge in [-0.25, -0.2) is 4.39 Å². The molecular formula is C16H18FNO3. The van der Waals surface area contributed by atoms with Crippen LogP contribution in [0.25, 0.3) is 6.08 Å². The van der Waals surface area contributed by atoms with Crippen molar-refractivity contribution in [1.29, 1.82) is 0 Å². The minimum Gasteiger partial charge on any atom is -0.347 e. The first kappa shape index (κ1) is 14.2. The van der Waals surface area contributed by atoms with Gasteiger partial charge >= 0.3 is 0 Å². The highest BCUT2D eigenvalue weighted by atomic mass is 19.1. The Morgan fingerprint density at radius 3 is 2.62 bits per heavy atom. The maximum absolute atomic E-state index is 13.1. The zero-order valence-electron chi connectivity index (χ0n) is 11.8. The third-order valence-electron chi connectivity index (χ3n) is 3.92. The molecule has 0 aliphatic carbocycles. The van der Waals surface area contributed by atoms with Crippen LogP contribution in [0.5, 0.6) is 0 Å². The van der Waals surface area contributed by atoms with Crippen LogP contribution < -0.4 is 0 Å². The molecule has 2 aliphatic rings. The molecule has 0 bridgehead atoms. The molecule has 1 amide bonds. The van der Waals surface area contributed by atoms with Crippen LogP contribution in [0.1, 0.15) is 18.4 Å². The maximum Gasteiger partial charge on any atom is 0.246 e. The number of carbonyl (C=O) groups is 1. The van der Waals surface area contributed by atoms with E-state index in [1.165, 1.54) is 18.2 Å². The number of piperidine rings is 1. The molecule has 112 valence electrons. The second-order valence-corrected chi connectivity index (χ2v) is 5.32. The number of hydrogen-bond donors (Lipinski definition) is 0. The summed E-state index contributed by atoms with van der Waals surface area (Å²) in [6.45, 7) is 2.50. The Morgan fingerprint density at radius 2 is 1.95 bits per heavy atom. The number of amides is 1. The highest BCUT2D eigenvalue weighted by Gasteiger charge is 2.40. The van der Waals surface area contributed by atoms with E-state index in [1.807, 2.05) is 0 Å². The van der Waals surface area contributed by atoms with Crippen molar-refractivity contribution < 1.29 is 18.7 Å². The number of ether oxygens (including phenoxy) is 2. The monoisotopic (exact) mass is 291 g/mol. The largest absolute Gasteiger partial charge is 0.347 e. The zero-order chi connectivity index (χ0) is 14.7. The predicted octanol–water partition coefficient (Wildman–Crippen LogP) is 2.20. The lowest BCUT2D eigenvalue weighted by atomic mass is 10.0. The minimum absolute atomic E-state index is 0.0629. The highest BCUT2D eigenvalue weighted by Crippen LogP contribution is 2.31. The van der Waals surface area contributed by atoms with Gasteiger partial charge in [0.2, 0.25) is 5.91 Å². The van der Waals surface area contributed by atoms with E-state index in [4.69, 9.17) is 9.47 Å². The fourth-order valence-corrected chi connectivity index (χ4v) is 2.74. The molecule has 2 fully saturated rings. The molecule has 3 rings (SSSR count). The zero-order valence-corrected chi connectivity index (χ0v) is 11.8. The quantitative estimate of drug-likeness (QED) is 0.784. The average Bonchev–Trinajstić information content (AvgIpc) is 2.94. The molecule has 0 unspecified atom stereocenters. The van der Waals surface area contributed by atoms with E-state index in [-0.39, 0.29) is 11.7 Å². The van der Waals surface area contributed by atoms with Gasteiger partial charge < -0.3 is 14.4 Å². The van der Waals surface area contributed by atoms with Crippen molar-refractivity contribution in [2.24, 2.45) is 0 Å². The fourth-order valence-electron chi connectivity index (χ4n) is 2.74.